The number of hydrogen-bond acceptors (Lipinski definition) is 3. The third kappa shape index (κ3) is 2.02. The Kier molecular flexibility index (Phi) is 2.74. The lowest BCUT2D eigenvalue weighted by molar-refractivity contribution is 0.304. The van der Waals surface area contributed by atoms with Gasteiger partial charge in [-0.1, -0.05) is 12.2 Å². The van der Waals surface area contributed by atoms with Crippen molar-refractivity contribution in [1.29, 1.82) is 0 Å². The SMILES string of the molecule is CC(NC(C)C1CC2C=CC1C2)c1ncn[nH]1. The first kappa shape index (κ1) is 11.0. The Morgan fingerprint density at radius 2 is 2.24 bits per heavy atom. The molecule has 17 heavy (non-hydrogen) atoms. The highest BCUT2D eigenvalue weighted by molar-refractivity contribution is 5.12. The normalized spacial score (nSPS) is 34.1. The van der Waals surface area contributed by atoms with Gasteiger partial charge in [0.05, 0.1) is 6.04 Å². The molecule has 5 unspecified atom stereocenters. The summed E-state index contributed by atoms with van der Waals surface area (Å²) in [5.41, 5.74) is 0. The highest BCUT2D eigenvalue weighted by atomic mass is 15.2. The van der Waals surface area contributed by atoms with Crippen LogP contribution in [0, 0.1) is 17.8 Å². The number of hydrogen-bond donors (Lipinski definition) is 2. The van der Waals surface area contributed by atoms with Crippen LogP contribution in [0.15, 0.2) is 18.5 Å². The van der Waals surface area contributed by atoms with Crippen molar-refractivity contribution in [3.05, 3.63) is 24.3 Å². The standard InChI is InChI=1S/C13H20N4/c1-8(12-6-10-3-4-11(12)5-10)16-9(2)13-14-7-15-17-13/h3-4,7-12,16H,5-6H2,1-2H3,(H,14,15,17). The topological polar surface area (TPSA) is 53.6 Å². The van der Waals surface area contributed by atoms with Gasteiger partial charge in [-0.3, -0.25) is 5.10 Å². The molecule has 1 aromatic heterocycles. The number of aromatic amines is 1. The lowest BCUT2D eigenvalue weighted by Crippen LogP contribution is -2.37. The molecule has 2 bridgehead atoms. The van der Waals surface area contributed by atoms with Gasteiger partial charge in [0.2, 0.25) is 0 Å². The summed E-state index contributed by atoms with van der Waals surface area (Å²) in [4.78, 5) is 4.20. The van der Waals surface area contributed by atoms with E-state index < -0.39 is 0 Å². The van der Waals surface area contributed by atoms with Crippen molar-refractivity contribution in [3.63, 3.8) is 0 Å². The molecule has 4 heteroatoms. The molecule has 0 radical (unpaired) electrons. The van der Waals surface area contributed by atoms with Crippen LogP contribution in [0.4, 0.5) is 0 Å². The second-order valence-electron chi connectivity index (χ2n) is 5.49. The van der Waals surface area contributed by atoms with Crippen LogP contribution in [0.5, 0.6) is 0 Å². The molecule has 2 N–H and O–H groups in total. The van der Waals surface area contributed by atoms with Gasteiger partial charge in [-0.15, -0.1) is 0 Å². The van der Waals surface area contributed by atoms with Crippen molar-refractivity contribution in [2.75, 3.05) is 0 Å². The highest BCUT2D eigenvalue weighted by Gasteiger charge is 2.38. The van der Waals surface area contributed by atoms with E-state index in [1.54, 1.807) is 6.33 Å². The van der Waals surface area contributed by atoms with Crippen LogP contribution >= 0.6 is 0 Å². The molecule has 2 aliphatic rings. The van der Waals surface area contributed by atoms with E-state index in [0.717, 1.165) is 23.6 Å². The van der Waals surface area contributed by atoms with E-state index in [9.17, 15) is 0 Å². The minimum Gasteiger partial charge on any atom is -0.305 e. The molecule has 0 aliphatic heterocycles. The van der Waals surface area contributed by atoms with Crippen LogP contribution in [0.2, 0.25) is 0 Å². The number of fused-ring (bicyclic) bond motifs is 2. The number of nitrogens with zero attached hydrogens (tertiary/aromatic N) is 2. The second kappa shape index (κ2) is 4.26. The van der Waals surface area contributed by atoms with E-state index in [0.29, 0.717) is 6.04 Å². The molecule has 3 rings (SSSR count). The van der Waals surface area contributed by atoms with Crippen LogP contribution < -0.4 is 5.32 Å². The Morgan fingerprint density at radius 1 is 1.35 bits per heavy atom. The average Bonchev–Trinajstić information content (AvgIpc) is 3.05. The predicted molar refractivity (Wildman–Crippen MR) is 66.2 cm³/mol. The zero-order chi connectivity index (χ0) is 11.8. The van der Waals surface area contributed by atoms with E-state index in [4.69, 9.17) is 0 Å². The first-order valence-electron chi connectivity index (χ1n) is 6.53. The number of aromatic nitrogens is 3. The number of rotatable bonds is 4. The van der Waals surface area contributed by atoms with Crippen LogP contribution in [0.25, 0.3) is 0 Å². The Labute approximate surface area is 102 Å². The predicted octanol–water partition coefficient (Wildman–Crippen LogP) is 2.06. The summed E-state index contributed by atoms with van der Waals surface area (Å²) in [6.45, 7) is 4.44. The summed E-state index contributed by atoms with van der Waals surface area (Å²) in [6, 6.07) is 0.783. The lowest BCUT2D eigenvalue weighted by Gasteiger charge is -2.28. The molecule has 0 saturated heterocycles. The lowest BCUT2D eigenvalue weighted by atomic mass is 9.87. The van der Waals surface area contributed by atoms with Gasteiger partial charge in [-0.2, -0.15) is 5.10 Å². The first-order chi connectivity index (χ1) is 8.24. The molecule has 1 fully saturated rings. The fourth-order valence-electron chi connectivity index (χ4n) is 3.42. The molecule has 5 atom stereocenters. The number of nitrogens with one attached hydrogen (secondary N) is 2. The summed E-state index contributed by atoms with van der Waals surface area (Å²) in [6.07, 6.45) is 9.09. The van der Waals surface area contributed by atoms with Crippen molar-refractivity contribution in [3.8, 4) is 0 Å². The minimum absolute atomic E-state index is 0.246. The van der Waals surface area contributed by atoms with Crippen molar-refractivity contribution in [2.24, 2.45) is 17.8 Å². The van der Waals surface area contributed by atoms with E-state index >= 15 is 0 Å². The number of H-pyrrole nitrogens is 1. The highest BCUT2D eigenvalue weighted by Crippen LogP contribution is 2.45. The average molecular weight is 232 g/mol. The van der Waals surface area contributed by atoms with E-state index in [2.05, 4.69) is 46.5 Å². The van der Waals surface area contributed by atoms with E-state index in [1.165, 1.54) is 12.8 Å². The van der Waals surface area contributed by atoms with Crippen molar-refractivity contribution >= 4 is 0 Å². The van der Waals surface area contributed by atoms with Crippen molar-refractivity contribution < 1.29 is 0 Å². The Morgan fingerprint density at radius 3 is 2.82 bits per heavy atom. The Balaban J connectivity index is 1.60. The molecule has 2 aliphatic carbocycles. The van der Waals surface area contributed by atoms with Crippen LogP contribution in [0.1, 0.15) is 38.6 Å². The van der Waals surface area contributed by atoms with E-state index in [-0.39, 0.29) is 6.04 Å². The second-order valence-corrected chi connectivity index (χ2v) is 5.49. The molecule has 1 saturated carbocycles. The molecule has 0 amide bonds. The minimum atomic E-state index is 0.246. The maximum atomic E-state index is 4.20. The molecule has 0 aromatic carbocycles. The monoisotopic (exact) mass is 232 g/mol. The molecule has 4 nitrogen and oxygen atoms in total. The fraction of sp³-hybridized carbons (Fsp3) is 0.692. The van der Waals surface area contributed by atoms with E-state index in [1.807, 2.05) is 0 Å². The van der Waals surface area contributed by atoms with Crippen molar-refractivity contribution in [2.45, 2.75) is 38.8 Å². The summed E-state index contributed by atoms with van der Waals surface area (Å²) in [5.74, 6) is 3.35. The quantitative estimate of drug-likeness (QED) is 0.781. The zero-order valence-electron chi connectivity index (χ0n) is 10.4. The van der Waals surface area contributed by atoms with Gasteiger partial charge in [0.25, 0.3) is 0 Å². The van der Waals surface area contributed by atoms with Crippen LogP contribution in [-0.4, -0.2) is 21.2 Å². The van der Waals surface area contributed by atoms with Gasteiger partial charge < -0.3 is 5.32 Å². The summed E-state index contributed by atoms with van der Waals surface area (Å²) in [5, 5.41) is 10.5. The Bertz CT molecular complexity index is 398. The van der Waals surface area contributed by atoms with Gasteiger partial charge in [-0.25, -0.2) is 4.98 Å². The molecule has 1 aromatic rings. The molecular weight excluding hydrogens is 212 g/mol. The molecule has 92 valence electrons. The van der Waals surface area contributed by atoms with Gasteiger partial charge in [0.1, 0.15) is 12.2 Å². The molecule has 0 spiro atoms. The molecular formula is C13H20N4. The summed E-state index contributed by atoms with van der Waals surface area (Å²) < 4.78 is 0. The first-order valence-corrected chi connectivity index (χ1v) is 6.53. The molecule has 1 heterocycles. The zero-order valence-corrected chi connectivity index (χ0v) is 10.4. The van der Waals surface area contributed by atoms with Gasteiger partial charge in [0.15, 0.2) is 0 Å². The van der Waals surface area contributed by atoms with Gasteiger partial charge >= 0.3 is 0 Å². The van der Waals surface area contributed by atoms with Crippen LogP contribution in [0.3, 0.4) is 0 Å². The van der Waals surface area contributed by atoms with Crippen molar-refractivity contribution in [1.82, 2.24) is 20.5 Å². The number of allylic oxidation sites excluding steroid dienone is 2. The largest absolute Gasteiger partial charge is 0.305 e. The smallest absolute Gasteiger partial charge is 0.141 e. The Hall–Kier alpha value is -1.16. The third-order valence-corrected chi connectivity index (χ3v) is 4.33. The maximum absolute atomic E-state index is 4.20. The summed E-state index contributed by atoms with van der Waals surface area (Å²) in [7, 11) is 0. The van der Waals surface area contributed by atoms with Gasteiger partial charge in [0, 0.05) is 6.04 Å². The maximum Gasteiger partial charge on any atom is 0.141 e. The van der Waals surface area contributed by atoms with Gasteiger partial charge in [-0.05, 0) is 44.4 Å². The fourth-order valence-corrected chi connectivity index (χ4v) is 3.42. The van der Waals surface area contributed by atoms with Crippen LogP contribution in [-0.2, 0) is 0 Å². The third-order valence-electron chi connectivity index (χ3n) is 4.33. The summed E-state index contributed by atoms with van der Waals surface area (Å²) >= 11 is 0.